The number of hydrogen-bond acceptors (Lipinski definition) is 4. The molecule has 1 atom stereocenters. The first kappa shape index (κ1) is 16.9. The second kappa shape index (κ2) is 6.87. The Kier molecular flexibility index (Phi) is 4.83. The Hall–Kier alpha value is -1.98. The van der Waals surface area contributed by atoms with Crippen molar-refractivity contribution in [2.24, 2.45) is 5.41 Å². The van der Waals surface area contributed by atoms with Gasteiger partial charge in [-0.2, -0.15) is 0 Å². The fraction of sp³-hybridized carbons (Fsp3) is 0.611. The van der Waals surface area contributed by atoms with Gasteiger partial charge in [0.25, 0.3) is 5.88 Å². The van der Waals surface area contributed by atoms with Crippen molar-refractivity contribution in [1.82, 2.24) is 9.88 Å². The second-order valence-electron chi connectivity index (χ2n) is 7.02. The molecule has 0 aromatic carbocycles. The van der Waals surface area contributed by atoms with Crippen LogP contribution in [0.15, 0.2) is 18.3 Å². The van der Waals surface area contributed by atoms with Crippen molar-refractivity contribution in [2.45, 2.75) is 51.6 Å². The summed E-state index contributed by atoms with van der Waals surface area (Å²) in [5, 5.41) is 0. The quantitative estimate of drug-likeness (QED) is 0.853. The zero-order chi connectivity index (χ0) is 17.2. The van der Waals surface area contributed by atoms with Gasteiger partial charge in [-0.1, -0.05) is 6.92 Å². The SMILES string of the molecule is CC1(C(=O)N2CCCC(Oc3ncccc3F)C2)CCC(=O)CC1. The Morgan fingerprint density at radius 3 is 2.88 bits per heavy atom. The van der Waals surface area contributed by atoms with Crippen LogP contribution in [0.5, 0.6) is 5.88 Å². The minimum Gasteiger partial charge on any atom is -0.470 e. The number of halogens is 1. The number of rotatable bonds is 3. The number of likely N-dealkylation sites (tertiary alicyclic amines) is 1. The highest BCUT2D eigenvalue weighted by Crippen LogP contribution is 2.37. The lowest BCUT2D eigenvalue weighted by atomic mass is 9.74. The van der Waals surface area contributed by atoms with Gasteiger partial charge in [-0.3, -0.25) is 9.59 Å². The van der Waals surface area contributed by atoms with Crippen molar-refractivity contribution in [2.75, 3.05) is 13.1 Å². The largest absolute Gasteiger partial charge is 0.470 e. The minimum absolute atomic E-state index is 0.00808. The third-order valence-electron chi connectivity index (χ3n) is 5.10. The molecule has 0 radical (unpaired) electrons. The Morgan fingerprint density at radius 1 is 1.42 bits per heavy atom. The topological polar surface area (TPSA) is 59.5 Å². The summed E-state index contributed by atoms with van der Waals surface area (Å²) < 4.78 is 19.4. The predicted molar refractivity (Wildman–Crippen MR) is 86.0 cm³/mol. The molecule has 1 unspecified atom stereocenters. The van der Waals surface area contributed by atoms with E-state index in [4.69, 9.17) is 4.74 Å². The summed E-state index contributed by atoms with van der Waals surface area (Å²) >= 11 is 0. The van der Waals surface area contributed by atoms with Crippen molar-refractivity contribution < 1.29 is 18.7 Å². The summed E-state index contributed by atoms with van der Waals surface area (Å²) in [6.07, 6.45) is 5.02. The number of Topliss-reactive ketones (excluding diaryl/α,β-unsaturated/α-hetero) is 1. The van der Waals surface area contributed by atoms with Crippen LogP contribution >= 0.6 is 0 Å². The average Bonchev–Trinajstić information content (AvgIpc) is 2.59. The van der Waals surface area contributed by atoms with E-state index >= 15 is 0 Å². The number of hydrogen-bond donors (Lipinski definition) is 0. The molecule has 2 fully saturated rings. The highest BCUT2D eigenvalue weighted by Gasteiger charge is 2.41. The molecule has 6 heteroatoms. The van der Waals surface area contributed by atoms with E-state index in [-0.39, 0.29) is 23.7 Å². The van der Waals surface area contributed by atoms with E-state index in [9.17, 15) is 14.0 Å². The molecule has 0 N–H and O–H groups in total. The summed E-state index contributed by atoms with van der Waals surface area (Å²) in [5.74, 6) is -0.166. The lowest BCUT2D eigenvalue weighted by Gasteiger charge is -2.40. The van der Waals surface area contributed by atoms with Crippen LogP contribution < -0.4 is 4.74 Å². The van der Waals surface area contributed by atoms with Gasteiger partial charge in [-0.15, -0.1) is 0 Å². The maximum Gasteiger partial charge on any atom is 0.250 e. The maximum atomic E-state index is 13.7. The number of ether oxygens (including phenoxy) is 1. The van der Waals surface area contributed by atoms with Crippen LogP contribution in [-0.2, 0) is 9.59 Å². The molecule has 1 aromatic heterocycles. The van der Waals surface area contributed by atoms with Crippen molar-refractivity contribution in [3.63, 3.8) is 0 Å². The van der Waals surface area contributed by atoms with Gasteiger partial charge in [-0.05, 0) is 37.8 Å². The highest BCUT2D eigenvalue weighted by molar-refractivity contribution is 5.87. The first-order valence-corrected chi connectivity index (χ1v) is 8.56. The van der Waals surface area contributed by atoms with E-state index in [2.05, 4.69) is 4.98 Å². The van der Waals surface area contributed by atoms with Crippen LogP contribution in [0.3, 0.4) is 0 Å². The fourth-order valence-electron chi connectivity index (χ4n) is 3.51. The molecule has 2 aliphatic rings. The van der Waals surface area contributed by atoms with Gasteiger partial charge in [0.2, 0.25) is 5.91 Å². The number of pyridine rings is 1. The first-order chi connectivity index (χ1) is 11.5. The summed E-state index contributed by atoms with van der Waals surface area (Å²) in [6.45, 7) is 3.08. The lowest BCUT2D eigenvalue weighted by Crippen LogP contribution is -2.50. The number of nitrogens with zero attached hydrogens (tertiary/aromatic N) is 2. The summed E-state index contributed by atoms with van der Waals surface area (Å²) in [6, 6.07) is 2.83. The van der Waals surface area contributed by atoms with Crippen LogP contribution in [0.4, 0.5) is 4.39 Å². The normalized spacial score (nSPS) is 23.8. The third kappa shape index (κ3) is 3.57. The zero-order valence-electron chi connectivity index (χ0n) is 14.0. The maximum absolute atomic E-state index is 13.7. The first-order valence-electron chi connectivity index (χ1n) is 8.56. The van der Waals surface area contributed by atoms with Gasteiger partial charge in [0.15, 0.2) is 5.82 Å². The Balaban J connectivity index is 1.64. The summed E-state index contributed by atoms with van der Waals surface area (Å²) in [4.78, 5) is 30.1. The molecule has 1 amide bonds. The molecule has 1 aliphatic carbocycles. The Morgan fingerprint density at radius 2 is 2.17 bits per heavy atom. The molecular formula is C18H23FN2O3. The molecule has 130 valence electrons. The van der Waals surface area contributed by atoms with Crippen molar-refractivity contribution >= 4 is 11.7 Å². The van der Waals surface area contributed by atoms with E-state index in [1.165, 1.54) is 18.3 Å². The number of carbonyl (C=O) groups excluding carboxylic acids is 2. The Bertz CT molecular complexity index is 624. The predicted octanol–water partition coefficient (Wildman–Crippen LogP) is 2.74. The van der Waals surface area contributed by atoms with E-state index in [0.29, 0.717) is 38.8 Å². The van der Waals surface area contributed by atoms with Crippen molar-refractivity contribution in [3.05, 3.63) is 24.1 Å². The molecular weight excluding hydrogens is 311 g/mol. The van der Waals surface area contributed by atoms with Gasteiger partial charge >= 0.3 is 0 Å². The molecule has 5 nitrogen and oxygen atoms in total. The van der Waals surface area contributed by atoms with Crippen LogP contribution in [-0.4, -0.2) is 40.8 Å². The van der Waals surface area contributed by atoms with Crippen LogP contribution in [0, 0.1) is 11.2 Å². The van der Waals surface area contributed by atoms with E-state index < -0.39 is 11.2 Å². The van der Waals surface area contributed by atoms with Crippen LogP contribution in [0.25, 0.3) is 0 Å². The number of amides is 1. The molecule has 0 bridgehead atoms. The van der Waals surface area contributed by atoms with Crippen LogP contribution in [0.2, 0.25) is 0 Å². The van der Waals surface area contributed by atoms with Crippen molar-refractivity contribution in [3.8, 4) is 5.88 Å². The van der Waals surface area contributed by atoms with Gasteiger partial charge in [0, 0.05) is 31.0 Å². The fourth-order valence-corrected chi connectivity index (χ4v) is 3.51. The molecule has 24 heavy (non-hydrogen) atoms. The molecule has 0 spiro atoms. The van der Waals surface area contributed by atoms with E-state index in [1.807, 2.05) is 11.8 Å². The minimum atomic E-state index is -0.487. The summed E-state index contributed by atoms with van der Waals surface area (Å²) in [5.41, 5.74) is -0.466. The number of aromatic nitrogens is 1. The summed E-state index contributed by atoms with van der Waals surface area (Å²) in [7, 11) is 0. The lowest BCUT2D eigenvalue weighted by molar-refractivity contribution is -0.147. The van der Waals surface area contributed by atoms with E-state index in [1.54, 1.807) is 0 Å². The van der Waals surface area contributed by atoms with Crippen LogP contribution in [0.1, 0.15) is 45.4 Å². The molecule has 3 rings (SSSR count). The van der Waals surface area contributed by atoms with Gasteiger partial charge in [-0.25, -0.2) is 9.37 Å². The van der Waals surface area contributed by atoms with E-state index in [0.717, 1.165) is 12.8 Å². The number of carbonyl (C=O) groups is 2. The highest BCUT2D eigenvalue weighted by atomic mass is 19.1. The van der Waals surface area contributed by atoms with Gasteiger partial charge in [0.05, 0.1) is 6.54 Å². The molecule has 2 heterocycles. The number of ketones is 1. The zero-order valence-corrected chi connectivity index (χ0v) is 14.0. The Labute approximate surface area is 141 Å². The third-order valence-corrected chi connectivity index (χ3v) is 5.10. The van der Waals surface area contributed by atoms with Crippen molar-refractivity contribution in [1.29, 1.82) is 0 Å². The second-order valence-corrected chi connectivity index (χ2v) is 7.02. The monoisotopic (exact) mass is 334 g/mol. The molecule has 1 saturated carbocycles. The molecule has 1 aromatic rings. The molecule has 1 saturated heterocycles. The average molecular weight is 334 g/mol. The standard InChI is InChI=1S/C18H23FN2O3/c1-18(8-6-13(22)7-9-18)17(23)21-11-3-4-14(12-21)24-16-15(19)5-2-10-20-16/h2,5,10,14H,3-4,6-9,11-12H2,1H3. The smallest absolute Gasteiger partial charge is 0.250 e. The molecule has 1 aliphatic heterocycles. The number of piperidine rings is 1. The van der Waals surface area contributed by atoms with Gasteiger partial charge in [0.1, 0.15) is 11.9 Å². The van der Waals surface area contributed by atoms with Gasteiger partial charge < -0.3 is 9.64 Å².